The van der Waals surface area contributed by atoms with E-state index in [-0.39, 0.29) is 0 Å². The van der Waals surface area contributed by atoms with Crippen LogP contribution in [0, 0.1) is 0 Å². The van der Waals surface area contributed by atoms with Crippen LogP contribution in [-0.4, -0.2) is 11.1 Å². The highest BCUT2D eigenvalue weighted by atomic mass is 32.2. The lowest BCUT2D eigenvalue weighted by atomic mass is 10.1. The summed E-state index contributed by atoms with van der Waals surface area (Å²) in [5.74, 6) is 1.06. The van der Waals surface area contributed by atoms with Gasteiger partial charge in [0.1, 0.15) is 0 Å². The number of thioether (sulfide) groups is 1. The Morgan fingerprint density at radius 2 is 2.28 bits per heavy atom. The second kappa shape index (κ2) is 3.95. The van der Waals surface area contributed by atoms with Crippen LogP contribution in [0.2, 0.25) is 0 Å². The summed E-state index contributed by atoms with van der Waals surface area (Å²) in [4.78, 5) is 0. The molecule has 3 heterocycles. The van der Waals surface area contributed by atoms with Gasteiger partial charge < -0.3 is 9.88 Å². The molecule has 2 aliphatic heterocycles. The summed E-state index contributed by atoms with van der Waals surface area (Å²) < 4.78 is 2.45. The Morgan fingerprint density at radius 1 is 1.28 bits per heavy atom. The van der Waals surface area contributed by atoms with Gasteiger partial charge in [-0.2, -0.15) is 0 Å². The van der Waals surface area contributed by atoms with Crippen molar-refractivity contribution in [2.75, 3.05) is 6.54 Å². The molecule has 0 bridgehead atoms. The van der Waals surface area contributed by atoms with Gasteiger partial charge >= 0.3 is 0 Å². The zero-order valence-corrected chi connectivity index (χ0v) is 10.8. The van der Waals surface area contributed by atoms with E-state index >= 15 is 0 Å². The minimum atomic E-state index is 0.928. The van der Waals surface area contributed by atoms with Crippen LogP contribution in [-0.2, 0) is 12.3 Å². The quantitative estimate of drug-likeness (QED) is 0.768. The van der Waals surface area contributed by atoms with Gasteiger partial charge in [0.2, 0.25) is 0 Å². The molecule has 0 amide bonds. The molecule has 0 spiro atoms. The van der Waals surface area contributed by atoms with Gasteiger partial charge in [0, 0.05) is 41.0 Å². The molecule has 3 heteroatoms. The average Bonchev–Trinajstić information content (AvgIpc) is 2.70. The van der Waals surface area contributed by atoms with Gasteiger partial charge in [0.05, 0.1) is 5.52 Å². The summed E-state index contributed by atoms with van der Waals surface area (Å²) in [6.07, 6.45) is 6.71. The largest absolute Gasteiger partial charge is 0.387 e. The zero-order valence-electron chi connectivity index (χ0n) is 10.0. The van der Waals surface area contributed by atoms with E-state index in [9.17, 15) is 0 Å². The molecular formula is C15H14N2S. The molecule has 1 N–H and O–H groups in total. The van der Waals surface area contributed by atoms with Crippen LogP contribution < -0.4 is 15.9 Å². The number of aromatic nitrogens is 1. The Balaban J connectivity index is 2.24. The number of fused-ring (bicyclic) bond motifs is 3. The molecule has 0 saturated heterocycles. The molecule has 2 nitrogen and oxygen atoms in total. The van der Waals surface area contributed by atoms with E-state index < -0.39 is 0 Å². The van der Waals surface area contributed by atoms with E-state index in [4.69, 9.17) is 0 Å². The van der Waals surface area contributed by atoms with Gasteiger partial charge in [-0.05, 0) is 17.0 Å². The van der Waals surface area contributed by atoms with Crippen molar-refractivity contribution in [3.8, 4) is 0 Å². The maximum Gasteiger partial charge on any atom is 0.0535 e. The van der Waals surface area contributed by atoms with Crippen molar-refractivity contribution in [1.82, 2.24) is 9.88 Å². The van der Waals surface area contributed by atoms with Crippen molar-refractivity contribution in [1.29, 1.82) is 0 Å². The minimum absolute atomic E-state index is 0.928. The predicted molar refractivity (Wildman–Crippen MR) is 78.6 cm³/mol. The summed E-state index contributed by atoms with van der Waals surface area (Å²) in [6, 6.07) is 6.67. The van der Waals surface area contributed by atoms with Crippen LogP contribution in [0.5, 0.6) is 0 Å². The van der Waals surface area contributed by atoms with E-state index in [0.29, 0.717) is 0 Å². The summed E-state index contributed by atoms with van der Waals surface area (Å²) in [5, 5.41) is 9.64. The number of rotatable bonds is 0. The fourth-order valence-electron chi connectivity index (χ4n) is 2.88. The smallest absolute Gasteiger partial charge is 0.0535 e. The highest BCUT2D eigenvalue weighted by Crippen LogP contribution is 2.23. The van der Waals surface area contributed by atoms with Crippen LogP contribution in [0.25, 0.3) is 23.2 Å². The molecule has 18 heavy (non-hydrogen) atoms. The van der Waals surface area contributed by atoms with Crippen LogP contribution in [0.1, 0.15) is 5.56 Å². The van der Waals surface area contributed by atoms with Gasteiger partial charge in [0.25, 0.3) is 0 Å². The fraction of sp³-hybridized carbons (Fsp3) is 0.200. The Kier molecular flexibility index (Phi) is 2.27. The Labute approximate surface area is 110 Å². The van der Waals surface area contributed by atoms with Crippen LogP contribution >= 0.6 is 11.8 Å². The van der Waals surface area contributed by atoms with E-state index in [0.717, 1.165) is 18.8 Å². The highest BCUT2D eigenvalue weighted by Gasteiger charge is 2.12. The Bertz CT molecular complexity index is 768. The van der Waals surface area contributed by atoms with E-state index in [1.54, 1.807) is 0 Å². The van der Waals surface area contributed by atoms with Crippen molar-refractivity contribution in [2.45, 2.75) is 12.3 Å². The maximum atomic E-state index is 3.32. The van der Waals surface area contributed by atoms with Gasteiger partial charge in [-0.3, -0.25) is 0 Å². The third-order valence-electron chi connectivity index (χ3n) is 3.63. The summed E-state index contributed by atoms with van der Waals surface area (Å²) >= 11 is 1.88. The van der Waals surface area contributed by atoms with Crippen molar-refractivity contribution in [2.24, 2.45) is 0 Å². The first kappa shape index (κ1) is 10.3. The van der Waals surface area contributed by atoms with Crippen LogP contribution in [0.3, 0.4) is 0 Å². The maximum absolute atomic E-state index is 3.32. The van der Waals surface area contributed by atoms with Gasteiger partial charge in [-0.1, -0.05) is 24.3 Å². The number of benzene rings is 1. The molecule has 0 aliphatic carbocycles. The molecule has 0 fully saturated rings. The van der Waals surface area contributed by atoms with Crippen molar-refractivity contribution >= 4 is 34.9 Å². The first-order chi connectivity index (χ1) is 8.95. The zero-order chi connectivity index (χ0) is 11.9. The number of allylic oxidation sites excluding steroid dienone is 1. The minimum Gasteiger partial charge on any atom is -0.387 e. The standard InChI is InChI=1S/C15H14N2S/c1-3-11-10-18-8-2-7-17-14-5-6-16-9-13(14)12(4-1)15(11)17/h1-5,8-9,16H,6-7,10H2/b8-2-. The van der Waals surface area contributed by atoms with E-state index in [2.05, 4.69) is 51.8 Å². The van der Waals surface area contributed by atoms with Crippen LogP contribution in [0.4, 0.5) is 0 Å². The lowest BCUT2D eigenvalue weighted by Gasteiger charge is -2.10. The summed E-state index contributed by atoms with van der Waals surface area (Å²) in [5.41, 5.74) is 2.86. The number of para-hydroxylation sites is 1. The van der Waals surface area contributed by atoms with Gasteiger partial charge in [-0.25, -0.2) is 0 Å². The third-order valence-corrected chi connectivity index (χ3v) is 4.49. The first-order valence-corrected chi connectivity index (χ1v) is 7.30. The molecule has 0 saturated carbocycles. The molecular weight excluding hydrogens is 240 g/mol. The van der Waals surface area contributed by atoms with Crippen molar-refractivity contribution < 1.29 is 0 Å². The normalized spacial score (nSPS) is 18.9. The molecule has 0 unspecified atom stereocenters. The Hall–Kier alpha value is -1.61. The molecule has 2 aliphatic rings. The molecule has 1 aromatic carbocycles. The molecule has 4 rings (SSSR count). The molecule has 2 aromatic rings. The van der Waals surface area contributed by atoms with Crippen molar-refractivity contribution in [3.05, 3.63) is 45.8 Å². The van der Waals surface area contributed by atoms with Gasteiger partial charge in [-0.15, -0.1) is 11.8 Å². The average molecular weight is 254 g/mol. The van der Waals surface area contributed by atoms with E-state index in [1.807, 2.05) is 11.8 Å². The third kappa shape index (κ3) is 1.37. The predicted octanol–water partition coefficient (Wildman–Crippen LogP) is 1.52. The second-order valence-electron chi connectivity index (χ2n) is 4.66. The molecule has 90 valence electrons. The fourth-order valence-corrected chi connectivity index (χ4v) is 3.61. The Morgan fingerprint density at radius 3 is 3.28 bits per heavy atom. The summed E-state index contributed by atoms with van der Waals surface area (Å²) in [7, 11) is 0. The van der Waals surface area contributed by atoms with Gasteiger partial charge in [0.15, 0.2) is 0 Å². The van der Waals surface area contributed by atoms with Crippen molar-refractivity contribution in [3.63, 3.8) is 0 Å². The summed E-state index contributed by atoms with van der Waals surface area (Å²) in [6.45, 7) is 1.90. The molecule has 1 aromatic heterocycles. The first-order valence-electron chi connectivity index (χ1n) is 6.25. The lowest BCUT2D eigenvalue weighted by molar-refractivity contribution is 0.819. The highest BCUT2D eigenvalue weighted by molar-refractivity contribution is 8.01. The van der Waals surface area contributed by atoms with Crippen LogP contribution in [0.15, 0.2) is 29.7 Å². The second-order valence-corrected chi connectivity index (χ2v) is 5.56. The number of hydrogen-bond donors (Lipinski definition) is 1. The number of hydrogen-bond acceptors (Lipinski definition) is 2. The monoisotopic (exact) mass is 254 g/mol. The van der Waals surface area contributed by atoms with E-state index in [1.165, 1.54) is 27.0 Å². The topological polar surface area (TPSA) is 17.0 Å². The molecule has 0 atom stereocenters. The number of nitrogens with zero attached hydrogens (tertiary/aromatic N) is 1. The molecule has 0 radical (unpaired) electrons. The SMILES string of the molecule is C1=c2c(n3c4c(cccc24)CS/C=C\C3)=CCN1. The lowest BCUT2D eigenvalue weighted by Crippen LogP contribution is -2.35. The number of nitrogens with one attached hydrogen (secondary N) is 1.